The normalized spacial score (nSPS) is 14.8. The number of esters is 1. The van der Waals surface area contributed by atoms with Crippen molar-refractivity contribution in [3.8, 4) is 11.4 Å². The molecule has 3 aromatic rings. The number of nitrogens with zero attached hydrogens (tertiary/aromatic N) is 2. The molecule has 2 heterocycles. The third-order valence-corrected chi connectivity index (χ3v) is 5.97. The minimum absolute atomic E-state index is 0.0536. The quantitative estimate of drug-likeness (QED) is 0.284. The van der Waals surface area contributed by atoms with Crippen LogP contribution in [-0.4, -0.2) is 30.0 Å². The number of aryl methyl sites for hydroxylation is 1. The second-order valence-corrected chi connectivity index (χ2v) is 8.07. The van der Waals surface area contributed by atoms with Crippen molar-refractivity contribution in [2.45, 2.75) is 27.7 Å². The fourth-order valence-corrected chi connectivity index (χ4v) is 4.41. The third kappa shape index (κ3) is 4.03. The minimum Gasteiger partial charge on any atom is -0.494 e. The lowest BCUT2D eigenvalue weighted by Gasteiger charge is -2.21. The smallest absolute Gasteiger partial charge is 0.343 e. The van der Waals surface area contributed by atoms with Crippen molar-refractivity contribution < 1.29 is 19.1 Å². The third-order valence-electron chi connectivity index (χ3n) is 5.97. The van der Waals surface area contributed by atoms with Crippen molar-refractivity contribution in [2.24, 2.45) is 0 Å². The van der Waals surface area contributed by atoms with Gasteiger partial charge in [-0.15, -0.1) is 0 Å². The Bertz CT molecular complexity index is 1300. The Morgan fingerprint density at radius 3 is 2.26 bits per heavy atom. The first-order chi connectivity index (χ1) is 16.4. The summed E-state index contributed by atoms with van der Waals surface area (Å²) in [6.45, 7) is 8.38. The highest BCUT2D eigenvalue weighted by molar-refractivity contribution is 6.30. The summed E-state index contributed by atoms with van der Waals surface area (Å²) >= 11 is 0. The van der Waals surface area contributed by atoms with Crippen LogP contribution in [0.15, 0.2) is 77.6 Å². The number of ketones is 1. The summed E-state index contributed by atoms with van der Waals surface area (Å²) in [6, 6.07) is 19.5. The van der Waals surface area contributed by atoms with Gasteiger partial charge < -0.3 is 18.9 Å². The van der Waals surface area contributed by atoms with E-state index in [1.807, 2.05) is 92.4 Å². The number of aromatic nitrogens is 1. The highest BCUT2D eigenvalue weighted by atomic mass is 16.5. The first-order valence-electron chi connectivity index (χ1n) is 11.2. The van der Waals surface area contributed by atoms with Gasteiger partial charge in [0, 0.05) is 28.5 Å². The predicted molar refractivity (Wildman–Crippen MR) is 133 cm³/mol. The van der Waals surface area contributed by atoms with E-state index in [0.717, 1.165) is 34.1 Å². The lowest BCUT2D eigenvalue weighted by Crippen LogP contribution is -2.18. The fraction of sp³-hybridized carbons (Fsp3) is 0.214. The minimum atomic E-state index is -0.633. The second kappa shape index (κ2) is 9.43. The molecule has 0 radical (unpaired) electrons. The van der Waals surface area contributed by atoms with Gasteiger partial charge in [-0.2, -0.15) is 0 Å². The number of Topliss-reactive ketones (excluding diaryl/α,β-unsaturated/α-hetero) is 1. The number of benzene rings is 2. The number of para-hydroxylation sites is 1. The van der Waals surface area contributed by atoms with Crippen LogP contribution in [0, 0.1) is 13.8 Å². The molecule has 0 amide bonds. The zero-order chi connectivity index (χ0) is 24.4. The summed E-state index contributed by atoms with van der Waals surface area (Å²) in [5.41, 5.74) is 5.74. The number of rotatable bonds is 6. The Balaban J connectivity index is 1.80. The largest absolute Gasteiger partial charge is 0.494 e. The molecule has 0 spiro atoms. The number of ether oxygens (including phenoxy) is 2. The van der Waals surface area contributed by atoms with Crippen LogP contribution in [0.1, 0.15) is 30.8 Å². The van der Waals surface area contributed by atoms with E-state index in [-0.39, 0.29) is 11.4 Å². The van der Waals surface area contributed by atoms with Gasteiger partial charge >= 0.3 is 5.97 Å². The number of carbonyl (C=O) groups is 2. The molecule has 0 atom stereocenters. The Morgan fingerprint density at radius 2 is 1.65 bits per heavy atom. The van der Waals surface area contributed by atoms with Crippen LogP contribution in [-0.2, 0) is 14.3 Å². The molecular weight excluding hydrogens is 428 g/mol. The molecule has 0 saturated carbocycles. The van der Waals surface area contributed by atoms with Gasteiger partial charge in [0.05, 0.1) is 19.4 Å². The van der Waals surface area contributed by atoms with E-state index in [2.05, 4.69) is 4.57 Å². The van der Waals surface area contributed by atoms with Crippen LogP contribution in [0.5, 0.6) is 5.75 Å². The van der Waals surface area contributed by atoms with E-state index < -0.39 is 5.97 Å². The van der Waals surface area contributed by atoms with Gasteiger partial charge in [0.15, 0.2) is 0 Å². The summed E-state index contributed by atoms with van der Waals surface area (Å²) < 4.78 is 12.6. The molecule has 0 aliphatic carbocycles. The molecule has 34 heavy (non-hydrogen) atoms. The molecular formula is C28H28N2O4. The molecule has 0 N–H and O–H groups in total. The molecule has 174 valence electrons. The molecule has 2 aromatic carbocycles. The molecule has 1 aliphatic rings. The Hall–Kier alpha value is -4.06. The van der Waals surface area contributed by atoms with E-state index in [0.29, 0.717) is 18.0 Å². The molecule has 1 aromatic heterocycles. The summed E-state index contributed by atoms with van der Waals surface area (Å²) in [4.78, 5) is 27.6. The highest BCUT2D eigenvalue weighted by Crippen LogP contribution is 2.36. The van der Waals surface area contributed by atoms with E-state index in [1.165, 1.54) is 7.11 Å². The lowest BCUT2D eigenvalue weighted by atomic mass is 10.1. The predicted octanol–water partition coefficient (Wildman–Crippen LogP) is 5.37. The van der Waals surface area contributed by atoms with Gasteiger partial charge in [0.25, 0.3) is 0 Å². The standard InChI is InChI=1S/C28H28N2O4/c1-6-34-24-14-12-23(13-15-24)29-18(2)16-21(19(29)3)17-25-27(31)26(28(32)33-5)20(4)30(25)22-10-8-7-9-11-22/h7-17H,6H2,1-5H3/b25-17-. The first-order valence-corrected chi connectivity index (χ1v) is 11.2. The van der Waals surface area contributed by atoms with Gasteiger partial charge in [-0.1, -0.05) is 18.2 Å². The molecule has 6 nitrogen and oxygen atoms in total. The van der Waals surface area contributed by atoms with Gasteiger partial charge in [0.2, 0.25) is 5.78 Å². The maximum atomic E-state index is 13.4. The number of anilines is 1. The van der Waals surface area contributed by atoms with Gasteiger partial charge in [-0.3, -0.25) is 4.79 Å². The Kier molecular flexibility index (Phi) is 6.41. The average Bonchev–Trinajstić information content (AvgIpc) is 3.26. The van der Waals surface area contributed by atoms with Crippen molar-refractivity contribution in [3.05, 3.63) is 94.6 Å². The molecule has 0 unspecified atom stereocenters. The van der Waals surface area contributed by atoms with E-state index in [1.54, 1.807) is 6.92 Å². The zero-order valence-corrected chi connectivity index (χ0v) is 20.1. The van der Waals surface area contributed by atoms with Crippen molar-refractivity contribution in [2.75, 3.05) is 18.6 Å². The summed E-state index contributed by atoms with van der Waals surface area (Å²) in [5, 5.41) is 0. The zero-order valence-electron chi connectivity index (χ0n) is 20.1. The number of allylic oxidation sites excluding steroid dienone is 2. The number of hydrogen-bond acceptors (Lipinski definition) is 5. The van der Waals surface area contributed by atoms with Crippen molar-refractivity contribution in [1.29, 1.82) is 0 Å². The maximum absolute atomic E-state index is 13.4. The van der Waals surface area contributed by atoms with Gasteiger partial charge in [-0.05, 0) is 81.8 Å². The van der Waals surface area contributed by atoms with Crippen molar-refractivity contribution in [3.63, 3.8) is 0 Å². The molecule has 1 aliphatic heterocycles. The SMILES string of the molecule is CCOc1ccc(-n2c(C)cc(/C=C3/C(=O)C(C(=O)OC)=C(C)N3c3ccccc3)c2C)cc1. The summed E-state index contributed by atoms with van der Waals surface area (Å²) in [6.07, 6.45) is 1.85. The molecule has 6 heteroatoms. The Morgan fingerprint density at radius 1 is 0.971 bits per heavy atom. The number of hydrogen-bond donors (Lipinski definition) is 0. The second-order valence-electron chi connectivity index (χ2n) is 8.07. The lowest BCUT2D eigenvalue weighted by molar-refractivity contribution is -0.137. The van der Waals surface area contributed by atoms with Crippen molar-refractivity contribution >= 4 is 23.5 Å². The monoisotopic (exact) mass is 456 g/mol. The van der Waals surface area contributed by atoms with Crippen molar-refractivity contribution in [1.82, 2.24) is 4.57 Å². The number of carbonyl (C=O) groups excluding carboxylic acids is 2. The highest BCUT2D eigenvalue weighted by Gasteiger charge is 2.38. The number of methoxy groups -OCH3 is 1. The van der Waals surface area contributed by atoms with Crippen LogP contribution in [0.25, 0.3) is 11.8 Å². The summed E-state index contributed by atoms with van der Waals surface area (Å²) in [7, 11) is 1.29. The van der Waals surface area contributed by atoms with Crippen LogP contribution < -0.4 is 9.64 Å². The molecule has 0 bridgehead atoms. The fourth-order valence-electron chi connectivity index (χ4n) is 4.41. The average molecular weight is 457 g/mol. The molecule has 4 rings (SSSR count). The molecule has 0 fully saturated rings. The molecule has 0 saturated heterocycles. The van der Waals surface area contributed by atoms with Gasteiger partial charge in [-0.25, -0.2) is 4.79 Å². The Labute approximate surface area is 199 Å². The maximum Gasteiger partial charge on any atom is 0.343 e. The van der Waals surface area contributed by atoms with Crippen LogP contribution in [0.3, 0.4) is 0 Å². The van der Waals surface area contributed by atoms with Crippen LogP contribution >= 0.6 is 0 Å². The van der Waals surface area contributed by atoms with Crippen LogP contribution in [0.4, 0.5) is 5.69 Å². The van der Waals surface area contributed by atoms with E-state index >= 15 is 0 Å². The first kappa shape index (κ1) is 23.1. The van der Waals surface area contributed by atoms with E-state index in [4.69, 9.17) is 9.47 Å². The van der Waals surface area contributed by atoms with Gasteiger partial charge in [0.1, 0.15) is 11.3 Å². The van der Waals surface area contributed by atoms with E-state index in [9.17, 15) is 9.59 Å². The topological polar surface area (TPSA) is 60.8 Å². The van der Waals surface area contributed by atoms with Crippen LogP contribution in [0.2, 0.25) is 0 Å². The summed E-state index contributed by atoms with van der Waals surface area (Å²) in [5.74, 6) is -0.159.